The molecule has 0 amide bonds. The van der Waals surface area contributed by atoms with Crippen LogP contribution in [-0.4, -0.2) is 61.8 Å². The van der Waals surface area contributed by atoms with E-state index in [1.54, 1.807) is 12.1 Å². The number of piperidine rings is 1. The van der Waals surface area contributed by atoms with Crippen molar-refractivity contribution in [1.82, 2.24) is 9.80 Å². The fourth-order valence-corrected chi connectivity index (χ4v) is 3.62. The second-order valence-corrected chi connectivity index (χ2v) is 6.65. The van der Waals surface area contributed by atoms with Gasteiger partial charge in [-0.25, -0.2) is 4.39 Å². The molecule has 23 heavy (non-hydrogen) atoms. The van der Waals surface area contributed by atoms with Crippen LogP contribution in [0.3, 0.4) is 0 Å². The lowest BCUT2D eigenvalue weighted by Gasteiger charge is -2.41. The zero-order chi connectivity index (χ0) is 16.8. The van der Waals surface area contributed by atoms with Crippen LogP contribution in [0.2, 0.25) is 0 Å². The number of ether oxygens (including phenoxy) is 1. The predicted octanol–water partition coefficient (Wildman–Crippen LogP) is 2.36. The molecule has 1 fully saturated rings. The second-order valence-electron chi connectivity index (χ2n) is 6.65. The van der Waals surface area contributed by atoms with Crippen LogP contribution < -0.4 is 4.74 Å². The number of aliphatic hydroxyl groups is 1. The smallest absolute Gasteiger partial charge is 0.165 e. The first-order chi connectivity index (χ1) is 11.0. The van der Waals surface area contributed by atoms with Crippen molar-refractivity contribution in [2.45, 2.75) is 31.8 Å². The van der Waals surface area contributed by atoms with Crippen LogP contribution in [0.5, 0.6) is 5.75 Å². The standard InChI is InChI=1S/C18H29FN2O2/c1-20(2)17-8-9-21(13-15(17)5-4-10-22)12-14-6-7-18(23-3)16(19)11-14/h6-7,11,15,17,22H,4-5,8-10,12-13H2,1-3H3/t15-,17+/m0/s1. The highest BCUT2D eigenvalue weighted by Crippen LogP contribution is 2.26. The largest absolute Gasteiger partial charge is 0.494 e. The number of likely N-dealkylation sites (tertiary alicyclic amines) is 1. The lowest BCUT2D eigenvalue weighted by atomic mass is 9.87. The van der Waals surface area contributed by atoms with Gasteiger partial charge in [0.1, 0.15) is 0 Å². The third-order valence-electron chi connectivity index (χ3n) is 4.80. The molecule has 1 heterocycles. The summed E-state index contributed by atoms with van der Waals surface area (Å²) in [6.45, 7) is 3.03. The Hall–Kier alpha value is -1.17. The van der Waals surface area contributed by atoms with E-state index in [-0.39, 0.29) is 12.4 Å². The third kappa shape index (κ3) is 4.90. The Morgan fingerprint density at radius 2 is 2.17 bits per heavy atom. The molecule has 1 aromatic carbocycles. The molecule has 2 rings (SSSR count). The Morgan fingerprint density at radius 1 is 1.39 bits per heavy atom. The second kappa shape index (κ2) is 8.62. The van der Waals surface area contributed by atoms with Crippen molar-refractivity contribution < 1.29 is 14.2 Å². The van der Waals surface area contributed by atoms with Crippen molar-refractivity contribution in [3.8, 4) is 5.75 Å². The molecule has 0 saturated carbocycles. The molecular weight excluding hydrogens is 295 g/mol. The van der Waals surface area contributed by atoms with Crippen LogP contribution in [0.15, 0.2) is 18.2 Å². The van der Waals surface area contributed by atoms with Crippen molar-refractivity contribution in [1.29, 1.82) is 0 Å². The Labute approximate surface area is 138 Å². The molecule has 5 heteroatoms. The van der Waals surface area contributed by atoms with Crippen LogP contribution in [0, 0.1) is 11.7 Å². The summed E-state index contributed by atoms with van der Waals surface area (Å²) in [6.07, 6.45) is 2.99. The number of hydrogen-bond donors (Lipinski definition) is 1. The lowest BCUT2D eigenvalue weighted by Crippen LogP contribution is -2.48. The molecule has 1 aromatic rings. The fraction of sp³-hybridized carbons (Fsp3) is 0.667. The van der Waals surface area contributed by atoms with E-state index in [4.69, 9.17) is 9.84 Å². The molecule has 4 nitrogen and oxygen atoms in total. The monoisotopic (exact) mass is 324 g/mol. The summed E-state index contributed by atoms with van der Waals surface area (Å²) in [5.41, 5.74) is 0.979. The molecule has 0 radical (unpaired) electrons. The minimum absolute atomic E-state index is 0.250. The number of nitrogens with zero attached hydrogens (tertiary/aromatic N) is 2. The Morgan fingerprint density at radius 3 is 2.78 bits per heavy atom. The van der Waals surface area contributed by atoms with E-state index in [2.05, 4.69) is 23.9 Å². The molecule has 0 unspecified atom stereocenters. The summed E-state index contributed by atoms with van der Waals surface area (Å²) in [6, 6.07) is 5.76. The third-order valence-corrected chi connectivity index (χ3v) is 4.80. The van der Waals surface area contributed by atoms with E-state index in [1.807, 2.05) is 6.07 Å². The van der Waals surface area contributed by atoms with Crippen molar-refractivity contribution in [3.63, 3.8) is 0 Å². The van der Waals surface area contributed by atoms with Gasteiger partial charge in [0.2, 0.25) is 0 Å². The Bertz CT molecular complexity index is 496. The number of hydrogen-bond acceptors (Lipinski definition) is 4. The maximum atomic E-state index is 13.8. The van der Waals surface area contributed by atoms with Gasteiger partial charge in [-0.3, -0.25) is 4.90 Å². The summed E-state index contributed by atoms with van der Waals surface area (Å²) in [5.74, 6) is 0.542. The van der Waals surface area contributed by atoms with Crippen molar-refractivity contribution in [3.05, 3.63) is 29.6 Å². The van der Waals surface area contributed by atoms with Crippen LogP contribution in [0.1, 0.15) is 24.8 Å². The Kier molecular flexibility index (Phi) is 6.81. The van der Waals surface area contributed by atoms with Gasteiger partial charge >= 0.3 is 0 Å². The molecule has 0 aliphatic carbocycles. The molecular formula is C18H29FN2O2. The summed E-state index contributed by atoms with van der Waals surface area (Å²) in [7, 11) is 5.74. The molecule has 1 aliphatic heterocycles. The first-order valence-electron chi connectivity index (χ1n) is 8.37. The van der Waals surface area contributed by atoms with Crippen molar-refractivity contribution in [2.24, 2.45) is 5.92 Å². The fourth-order valence-electron chi connectivity index (χ4n) is 3.62. The van der Waals surface area contributed by atoms with E-state index in [9.17, 15) is 4.39 Å². The van der Waals surface area contributed by atoms with Crippen LogP contribution in [-0.2, 0) is 6.54 Å². The highest BCUT2D eigenvalue weighted by molar-refractivity contribution is 5.29. The lowest BCUT2D eigenvalue weighted by molar-refractivity contribution is 0.0716. The molecule has 130 valence electrons. The van der Waals surface area contributed by atoms with Crippen LogP contribution in [0.4, 0.5) is 4.39 Å². The molecule has 0 spiro atoms. The highest BCUT2D eigenvalue weighted by atomic mass is 19.1. The van der Waals surface area contributed by atoms with Gasteiger partial charge in [-0.05, 0) is 63.5 Å². The van der Waals surface area contributed by atoms with Gasteiger partial charge in [0, 0.05) is 25.7 Å². The zero-order valence-electron chi connectivity index (χ0n) is 14.5. The van der Waals surface area contributed by atoms with E-state index in [1.165, 1.54) is 7.11 Å². The number of methoxy groups -OCH3 is 1. The van der Waals surface area contributed by atoms with Gasteiger partial charge in [-0.2, -0.15) is 0 Å². The maximum Gasteiger partial charge on any atom is 0.165 e. The van der Waals surface area contributed by atoms with Crippen LogP contribution >= 0.6 is 0 Å². The number of aliphatic hydroxyl groups excluding tert-OH is 1. The molecule has 0 aromatic heterocycles. The van der Waals surface area contributed by atoms with Gasteiger partial charge in [0.15, 0.2) is 11.6 Å². The summed E-state index contributed by atoms with van der Waals surface area (Å²) < 4.78 is 18.8. The van der Waals surface area contributed by atoms with E-state index in [0.29, 0.717) is 17.7 Å². The highest BCUT2D eigenvalue weighted by Gasteiger charge is 2.30. The Balaban J connectivity index is 1.99. The molecule has 2 atom stereocenters. The van der Waals surface area contributed by atoms with Gasteiger partial charge in [0.25, 0.3) is 0 Å². The number of rotatable bonds is 7. The maximum absolute atomic E-state index is 13.8. The summed E-state index contributed by atoms with van der Waals surface area (Å²) in [5, 5.41) is 9.12. The molecule has 1 N–H and O–H groups in total. The van der Waals surface area contributed by atoms with E-state index < -0.39 is 0 Å². The number of halogens is 1. The average Bonchev–Trinajstić information content (AvgIpc) is 2.53. The molecule has 1 saturated heterocycles. The summed E-state index contributed by atoms with van der Waals surface area (Å²) >= 11 is 0. The minimum Gasteiger partial charge on any atom is -0.494 e. The average molecular weight is 324 g/mol. The molecule has 0 bridgehead atoms. The van der Waals surface area contributed by atoms with Gasteiger partial charge in [-0.1, -0.05) is 6.07 Å². The predicted molar refractivity (Wildman–Crippen MR) is 90.1 cm³/mol. The van der Waals surface area contributed by atoms with E-state index in [0.717, 1.165) is 44.5 Å². The van der Waals surface area contributed by atoms with Gasteiger partial charge < -0.3 is 14.7 Å². The van der Waals surface area contributed by atoms with Crippen LogP contribution in [0.25, 0.3) is 0 Å². The number of benzene rings is 1. The van der Waals surface area contributed by atoms with Crippen molar-refractivity contribution in [2.75, 3.05) is 40.9 Å². The topological polar surface area (TPSA) is 35.9 Å². The van der Waals surface area contributed by atoms with Crippen molar-refractivity contribution >= 4 is 0 Å². The first-order valence-corrected chi connectivity index (χ1v) is 8.37. The quantitative estimate of drug-likeness (QED) is 0.835. The summed E-state index contributed by atoms with van der Waals surface area (Å²) in [4.78, 5) is 4.69. The van der Waals surface area contributed by atoms with E-state index >= 15 is 0 Å². The zero-order valence-corrected chi connectivity index (χ0v) is 14.5. The van der Waals surface area contributed by atoms with Gasteiger partial charge in [0.05, 0.1) is 7.11 Å². The first kappa shape index (κ1) is 18.2. The van der Waals surface area contributed by atoms with Gasteiger partial charge in [-0.15, -0.1) is 0 Å². The molecule has 1 aliphatic rings. The normalized spacial score (nSPS) is 22.5. The SMILES string of the molecule is COc1ccc(CN2CC[C@@H](N(C)C)[C@@H](CCCO)C2)cc1F. The minimum atomic E-state index is -0.301.